The molecule has 1 atom stereocenters. The van der Waals surface area contributed by atoms with Gasteiger partial charge in [-0.3, -0.25) is 19.9 Å². The van der Waals surface area contributed by atoms with Crippen molar-refractivity contribution in [2.24, 2.45) is 4.99 Å². The highest BCUT2D eigenvalue weighted by atomic mass is 16.5. The number of carboxylic acid groups (broad SMARTS) is 1. The van der Waals surface area contributed by atoms with Gasteiger partial charge in [0, 0.05) is 51.4 Å². The Hall–Kier alpha value is -3.37. The van der Waals surface area contributed by atoms with Crippen LogP contribution >= 0.6 is 0 Å². The van der Waals surface area contributed by atoms with Crippen molar-refractivity contribution in [3.8, 4) is 5.88 Å². The highest BCUT2D eigenvalue weighted by molar-refractivity contribution is 5.97. The Morgan fingerprint density at radius 3 is 2.84 bits per heavy atom. The molecule has 0 saturated carbocycles. The number of aromatic nitrogens is 1. The summed E-state index contributed by atoms with van der Waals surface area (Å²) in [6.45, 7) is 5.13. The molecule has 2 aliphatic heterocycles. The molecule has 32 heavy (non-hydrogen) atoms. The zero-order valence-corrected chi connectivity index (χ0v) is 18.2. The van der Waals surface area contributed by atoms with Crippen LogP contribution in [0.4, 0.5) is 4.79 Å². The van der Waals surface area contributed by atoms with E-state index in [0.29, 0.717) is 56.6 Å². The quantitative estimate of drug-likeness (QED) is 0.487. The van der Waals surface area contributed by atoms with Crippen LogP contribution < -0.4 is 15.4 Å². The number of carbonyl (C=O) groups excluding carboxylic acids is 2. The van der Waals surface area contributed by atoms with Gasteiger partial charge in [0.2, 0.25) is 11.8 Å². The monoisotopic (exact) mass is 446 g/mol. The highest BCUT2D eigenvalue weighted by Crippen LogP contribution is 2.29. The lowest BCUT2D eigenvalue weighted by Gasteiger charge is -2.27. The lowest BCUT2D eigenvalue weighted by atomic mass is 10.0. The van der Waals surface area contributed by atoms with E-state index in [9.17, 15) is 19.5 Å². The minimum absolute atomic E-state index is 0.147. The maximum absolute atomic E-state index is 12.9. The summed E-state index contributed by atoms with van der Waals surface area (Å²) < 4.78 is 5.34. The molecule has 3 rings (SSSR count). The molecule has 3 N–H and O–H groups in total. The largest absolute Gasteiger partial charge is 0.481 e. The van der Waals surface area contributed by atoms with Crippen molar-refractivity contribution in [3.63, 3.8) is 0 Å². The van der Waals surface area contributed by atoms with Gasteiger partial charge in [-0.15, -0.1) is 0 Å². The Labute approximate surface area is 186 Å². The van der Waals surface area contributed by atoms with Crippen LogP contribution in [0.1, 0.15) is 44.2 Å². The average molecular weight is 447 g/mol. The second-order valence-corrected chi connectivity index (χ2v) is 7.60. The summed E-state index contributed by atoms with van der Waals surface area (Å²) in [7, 11) is 0. The normalized spacial score (nSPS) is 16.9. The Morgan fingerprint density at radius 2 is 2.19 bits per heavy atom. The van der Waals surface area contributed by atoms with Gasteiger partial charge in [-0.2, -0.15) is 0 Å². The molecule has 11 nitrogen and oxygen atoms in total. The van der Waals surface area contributed by atoms with Crippen LogP contribution in [0.5, 0.6) is 5.88 Å². The third-order valence-electron chi connectivity index (χ3n) is 5.29. The van der Waals surface area contributed by atoms with Gasteiger partial charge in [0.05, 0.1) is 19.1 Å². The first-order valence-electron chi connectivity index (χ1n) is 10.9. The van der Waals surface area contributed by atoms with E-state index < -0.39 is 12.0 Å². The first-order chi connectivity index (χ1) is 15.5. The molecular formula is C21H30N6O5. The lowest BCUT2D eigenvalue weighted by molar-refractivity contribution is -0.138. The molecule has 0 spiro atoms. The number of hydrogen-bond acceptors (Lipinski definition) is 7. The summed E-state index contributed by atoms with van der Waals surface area (Å²) in [5, 5.41) is 15.2. The first-order valence-corrected chi connectivity index (χ1v) is 10.9. The van der Waals surface area contributed by atoms with Crippen LogP contribution in [0.15, 0.2) is 23.3 Å². The molecule has 0 bridgehead atoms. The number of aliphatic imine (C=N–C) groups is 1. The van der Waals surface area contributed by atoms with E-state index in [2.05, 4.69) is 20.6 Å². The maximum Gasteiger partial charge on any atom is 0.320 e. The van der Waals surface area contributed by atoms with Crippen molar-refractivity contribution in [1.82, 2.24) is 25.4 Å². The Morgan fingerprint density at radius 1 is 1.34 bits per heavy atom. The number of nitrogens with one attached hydrogen (secondary N) is 2. The van der Waals surface area contributed by atoms with Crippen molar-refractivity contribution in [2.75, 3.05) is 39.3 Å². The number of aliphatic carboxylic acids is 1. The SMILES string of the molecule is CCOc1ccc([C@@H](CC(=O)O)N2CCN(CCCC(=O)NC3=NCCCN3)C2=O)cn1. The summed E-state index contributed by atoms with van der Waals surface area (Å²) >= 11 is 0. The Balaban J connectivity index is 1.54. The molecule has 3 amide bonds. The van der Waals surface area contributed by atoms with Crippen molar-refractivity contribution >= 4 is 23.9 Å². The summed E-state index contributed by atoms with van der Waals surface area (Å²) in [6, 6.07) is 2.57. The van der Waals surface area contributed by atoms with E-state index in [0.717, 1.165) is 13.0 Å². The third-order valence-corrected chi connectivity index (χ3v) is 5.29. The molecule has 11 heteroatoms. The number of carboxylic acids is 1. The highest BCUT2D eigenvalue weighted by Gasteiger charge is 2.35. The van der Waals surface area contributed by atoms with Crippen LogP contribution in [-0.4, -0.2) is 83.1 Å². The van der Waals surface area contributed by atoms with E-state index in [1.165, 1.54) is 0 Å². The van der Waals surface area contributed by atoms with Crippen molar-refractivity contribution in [2.45, 2.75) is 38.6 Å². The molecule has 2 aliphatic rings. The fourth-order valence-electron chi connectivity index (χ4n) is 3.73. The lowest BCUT2D eigenvalue weighted by Crippen LogP contribution is -2.43. The van der Waals surface area contributed by atoms with Gasteiger partial charge in [-0.05, 0) is 25.3 Å². The Kier molecular flexibility index (Phi) is 8.23. The van der Waals surface area contributed by atoms with E-state index in [1.807, 2.05) is 6.92 Å². The first kappa shape index (κ1) is 23.3. The number of nitrogens with zero attached hydrogens (tertiary/aromatic N) is 4. The number of amides is 3. The number of rotatable bonds is 10. The molecule has 0 aromatic carbocycles. The fraction of sp³-hybridized carbons (Fsp3) is 0.571. The van der Waals surface area contributed by atoms with Crippen molar-refractivity contribution in [3.05, 3.63) is 23.9 Å². The fourth-order valence-corrected chi connectivity index (χ4v) is 3.73. The maximum atomic E-state index is 12.9. The zero-order valence-electron chi connectivity index (χ0n) is 18.2. The molecule has 1 fully saturated rings. The number of hydrogen-bond donors (Lipinski definition) is 3. The van der Waals surface area contributed by atoms with Crippen LogP contribution in [0, 0.1) is 0 Å². The summed E-state index contributed by atoms with van der Waals surface area (Å²) in [4.78, 5) is 48.1. The predicted molar refractivity (Wildman–Crippen MR) is 116 cm³/mol. The smallest absolute Gasteiger partial charge is 0.320 e. The van der Waals surface area contributed by atoms with Gasteiger partial charge in [0.25, 0.3) is 0 Å². The second-order valence-electron chi connectivity index (χ2n) is 7.60. The zero-order chi connectivity index (χ0) is 22.9. The summed E-state index contributed by atoms with van der Waals surface area (Å²) in [5.74, 6) is -0.186. The van der Waals surface area contributed by atoms with Crippen molar-refractivity contribution in [1.29, 1.82) is 0 Å². The summed E-state index contributed by atoms with van der Waals surface area (Å²) in [5.41, 5.74) is 0.645. The number of ether oxygens (including phenoxy) is 1. The van der Waals surface area contributed by atoms with Crippen LogP contribution in [0.25, 0.3) is 0 Å². The average Bonchev–Trinajstić information content (AvgIpc) is 3.13. The van der Waals surface area contributed by atoms with Gasteiger partial charge in [0.15, 0.2) is 5.96 Å². The van der Waals surface area contributed by atoms with Crippen LogP contribution in [-0.2, 0) is 9.59 Å². The molecule has 1 saturated heterocycles. The standard InChI is InChI=1S/C21H30N6O5/c1-2-32-18-7-6-15(14-24-18)16(13-19(29)30)27-12-11-26(21(27)31)10-3-5-17(28)25-20-22-8-4-9-23-20/h6-7,14,16H,2-5,8-13H2,1H3,(H,29,30)(H2,22,23,25,28)/t16-/m1/s1. The third kappa shape index (κ3) is 6.32. The molecule has 1 aromatic heterocycles. The van der Waals surface area contributed by atoms with E-state index in [-0.39, 0.29) is 24.8 Å². The molecule has 3 heterocycles. The van der Waals surface area contributed by atoms with Gasteiger partial charge in [0.1, 0.15) is 0 Å². The number of carbonyl (C=O) groups is 3. The molecule has 0 aliphatic carbocycles. The minimum Gasteiger partial charge on any atom is -0.481 e. The molecule has 0 radical (unpaired) electrons. The van der Waals surface area contributed by atoms with Gasteiger partial charge >= 0.3 is 12.0 Å². The molecule has 0 unspecified atom stereocenters. The van der Waals surface area contributed by atoms with Gasteiger partial charge in [-0.25, -0.2) is 9.78 Å². The minimum atomic E-state index is -0.994. The second kappa shape index (κ2) is 11.3. The molecule has 174 valence electrons. The number of guanidine groups is 1. The molecule has 1 aromatic rings. The van der Waals surface area contributed by atoms with E-state index in [1.54, 1.807) is 28.1 Å². The van der Waals surface area contributed by atoms with Crippen LogP contribution in [0.2, 0.25) is 0 Å². The van der Waals surface area contributed by atoms with Crippen LogP contribution in [0.3, 0.4) is 0 Å². The Bertz CT molecular complexity index is 844. The van der Waals surface area contributed by atoms with Gasteiger partial charge < -0.3 is 25.0 Å². The molecular weight excluding hydrogens is 416 g/mol. The van der Waals surface area contributed by atoms with Crippen molar-refractivity contribution < 1.29 is 24.2 Å². The number of pyridine rings is 1. The summed E-state index contributed by atoms with van der Waals surface area (Å²) in [6.07, 6.45) is 3.06. The topological polar surface area (TPSA) is 136 Å². The van der Waals surface area contributed by atoms with E-state index in [4.69, 9.17) is 4.74 Å². The van der Waals surface area contributed by atoms with E-state index >= 15 is 0 Å². The van der Waals surface area contributed by atoms with Gasteiger partial charge in [-0.1, -0.05) is 6.07 Å². The predicted octanol–water partition coefficient (Wildman–Crippen LogP) is 0.979. The number of urea groups is 1.